The first-order valence-electron chi connectivity index (χ1n) is 5.59. The average Bonchev–Trinajstić information content (AvgIpc) is 2.31. The van der Waals surface area contributed by atoms with Crippen LogP contribution in [-0.4, -0.2) is 29.1 Å². The van der Waals surface area contributed by atoms with E-state index in [1.54, 1.807) is 12.4 Å². The minimum atomic E-state index is 0.281. The van der Waals surface area contributed by atoms with Gasteiger partial charge in [-0.3, -0.25) is 9.97 Å². The molecule has 1 aliphatic rings. The summed E-state index contributed by atoms with van der Waals surface area (Å²) in [5, 5.41) is 6.96. The molecule has 0 spiro atoms. The third kappa shape index (κ3) is 2.97. The summed E-state index contributed by atoms with van der Waals surface area (Å²) in [5.74, 6) is 0. The van der Waals surface area contributed by atoms with Gasteiger partial charge in [0.1, 0.15) is 0 Å². The summed E-state index contributed by atoms with van der Waals surface area (Å²) >= 11 is 0. The fourth-order valence-electron chi connectivity index (χ4n) is 1.97. The largest absolute Gasteiger partial charge is 0.315 e. The Bertz CT molecular complexity index is 282. The molecule has 2 atom stereocenters. The lowest BCUT2D eigenvalue weighted by molar-refractivity contribution is 0.359. The summed E-state index contributed by atoms with van der Waals surface area (Å²) in [6.45, 7) is 4.35. The Morgan fingerprint density at radius 3 is 3.13 bits per heavy atom. The maximum Gasteiger partial charge on any atom is 0.0753 e. The van der Waals surface area contributed by atoms with Crippen LogP contribution < -0.4 is 10.6 Å². The molecule has 0 saturated carbocycles. The van der Waals surface area contributed by atoms with E-state index >= 15 is 0 Å². The monoisotopic (exact) mass is 206 g/mol. The van der Waals surface area contributed by atoms with Crippen LogP contribution in [0.15, 0.2) is 18.6 Å². The molecule has 0 aliphatic carbocycles. The Balaban J connectivity index is 1.88. The molecule has 2 N–H and O–H groups in total. The summed E-state index contributed by atoms with van der Waals surface area (Å²) in [6.07, 6.45) is 7.78. The van der Waals surface area contributed by atoms with E-state index in [1.165, 1.54) is 12.8 Å². The van der Waals surface area contributed by atoms with Crippen LogP contribution >= 0.6 is 0 Å². The summed E-state index contributed by atoms with van der Waals surface area (Å²) < 4.78 is 0. The van der Waals surface area contributed by atoms with Gasteiger partial charge < -0.3 is 10.6 Å². The fraction of sp³-hybridized carbons (Fsp3) is 0.636. The number of nitrogens with zero attached hydrogens (tertiary/aromatic N) is 2. The fourth-order valence-corrected chi connectivity index (χ4v) is 1.97. The van der Waals surface area contributed by atoms with Crippen LogP contribution in [0.4, 0.5) is 0 Å². The second-order valence-electron chi connectivity index (χ2n) is 4.06. The Labute approximate surface area is 90.5 Å². The minimum Gasteiger partial charge on any atom is -0.315 e. The maximum atomic E-state index is 4.30. The normalized spacial score (nSPS) is 23.7. The zero-order chi connectivity index (χ0) is 10.5. The van der Waals surface area contributed by atoms with Crippen LogP contribution in [0.3, 0.4) is 0 Å². The zero-order valence-electron chi connectivity index (χ0n) is 9.11. The van der Waals surface area contributed by atoms with Crippen molar-refractivity contribution in [3.05, 3.63) is 24.3 Å². The van der Waals surface area contributed by atoms with Crippen LogP contribution in [0.5, 0.6) is 0 Å². The van der Waals surface area contributed by atoms with Crippen molar-refractivity contribution in [2.45, 2.75) is 31.8 Å². The Morgan fingerprint density at radius 2 is 2.47 bits per heavy atom. The van der Waals surface area contributed by atoms with E-state index in [0.29, 0.717) is 6.04 Å². The molecular formula is C11H18N4. The standard InChI is InChI=1S/C11H18N4/c1-9(11-8-13-5-6-14-11)15-10-3-2-4-12-7-10/h5-6,8-10,12,15H,2-4,7H2,1H3/t9?,10-/m1/s1. The molecule has 1 saturated heterocycles. The first-order chi connectivity index (χ1) is 7.36. The second-order valence-corrected chi connectivity index (χ2v) is 4.06. The van der Waals surface area contributed by atoms with E-state index in [1.807, 2.05) is 6.20 Å². The molecule has 1 aromatic rings. The van der Waals surface area contributed by atoms with E-state index in [-0.39, 0.29) is 6.04 Å². The van der Waals surface area contributed by atoms with E-state index in [0.717, 1.165) is 18.8 Å². The molecule has 4 nitrogen and oxygen atoms in total. The van der Waals surface area contributed by atoms with Crippen molar-refractivity contribution in [3.63, 3.8) is 0 Å². The highest BCUT2D eigenvalue weighted by Gasteiger charge is 2.16. The number of hydrogen-bond acceptors (Lipinski definition) is 4. The molecule has 0 bridgehead atoms. The minimum absolute atomic E-state index is 0.281. The molecule has 15 heavy (non-hydrogen) atoms. The van der Waals surface area contributed by atoms with Crippen LogP contribution in [0, 0.1) is 0 Å². The van der Waals surface area contributed by atoms with Gasteiger partial charge in [0.15, 0.2) is 0 Å². The van der Waals surface area contributed by atoms with Crippen molar-refractivity contribution < 1.29 is 0 Å². The highest BCUT2D eigenvalue weighted by molar-refractivity contribution is 5.01. The van der Waals surface area contributed by atoms with Crippen LogP contribution in [0.1, 0.15) is 31.5 Å². The van der Waals surface area contributed by atoms with Gasteiger partial charge >= 0.3 is 0 Å². The Hall–Kier alpha value is -1.00. The van der Waals surface area contributed by atoms with Crippen molar-refractivity contribution >= 4 is 0 Å². The van der Waals surface area contributed by atoms with Gasteiger partial charge in [-0.05, 0) is 26.3 Å². The average molecular weight is 206 g/mol. The molecule has 0 radical (unpaired) electrons. The van der Waals surface area contributed by atoms with E-state index in [2.05, 4.69) is 27.5 Å². The summed E-state index contributed by atoms with van der Waals surface area (Å²) in [7, 11) is 0. The molecule has 1 aliphatic heterocycles. The summed E-state index contributed by atoms with van der Waals surface area (Å²) in [5.41, 5.74) is 1.02. The number of piperidine rings is 1. The van der Waals surface area contributed by atoms with Gasteiger partial charge in [-0.15, -0.1) is 0 Å². The number of hydrogen-bond donors (Lipinski definition) is 2. The van der Waals surface area contributed by atoms with Crippen molar-refractivity contribution in [1.82, 2.24) is 20.6 Å². The first-order valence-corrected chi connectivity index (χ1v) is 5.59. The molecule has 2 rings (SSSR count). The molecule has 82 valence electrons. The van der Waals surface area contributed by atoms with Gasteiger partial charge in [-0.25, -0.2) is 0 Å². The second kappa shape index (κ2) is 5.19. The molecular weight excluding hydrogens is 188 g/mol. The highest BCUT2D eigenvalue weighted by Crippen LogP contribution is 2.11. The molecule has 2 heterocycles. The molecule has 0 amide bonds. The van der Waals surface area contributed by atoms with Crippen molar-refractivity contribution in [2.24, 2.45) is 0 Å². The third-order valence-corrected chi connectivity index (χ3v) is 2.81. The lowest BCUT2D eigenvalue weighted by atomic mass is 10.1. The lowest BCUT2D eigenvalue weighted by Gasteiger charge is -2.26. The van der Waals surface area contributed by atoms with E-state index in [4.69, 9.17) is 0 Å². The molecule has 4 heteroatoms. The zero-order valence-corrected chi connectivity index (χ0v) is 9.11. The number of rotatable bonds is 3. The molecule has 0 aromatic carbocycles. The summed E-state index contributed by atoms with van der Waals surface area (Å²) in [6, 6.07) is 0.847. The van der Waals surface area contributed by atoms with Gasteiger partial charge in [-0.1, -0.05) is 0 Å². The predicted molar refractivity (Wildman–Crippen MR) is 59.5 cm³/mol. The third-order valence-electron chi connectivity index (χ3n) is 2.81. The van der Waals surface area contributed by atoms with Crippen LogP contribution in [-0.2, 0) is 0 Å². The Kier molecular flexibility index (Phi) is 3.64. The predicted octanol–water partition coefficient (Wildman–Crippen LogP) is 0.879. The van der Waals surface area contributed by atoms with Gasteiger partial charge in [0, 0.05) is 37.2 Å². The maximum absolute atomic E-state index is 4.30. The SMILES string of the molecule is CC(N[C@@H]1CCCNC1)c1cnccn1. The first kappa shape index (κ1) is 10.5. The van der Waals surface area contributed by atoms with Gasteiger partial charge in [0.2, 0.25) is 0 Å². The van der Waals surface area contributed by atoms with Gasteiger partial charge in [-0.2, -0.15) is 0 Å². The van der Waals surface area contributed by atoms with Crippen molar-refractivity contribution in [1.29, 1.82) is 0 Å². The highest BCUT2D eigenvalue weighted by atomic mass is 15.0. The van der Waals surface area contributed by atoms with Crippen molar-refractivity contribution in [2.75, 3.05) is 13.1 Å². The molecule has 1 unspecified atom stereocenters. The van der Waals surface area contributed by atoms with Crippen molar-refractivity contribution in [3.8, 4) is 0 Å². The lowest BCUT2D eigenvalue weighted by Crippen LogP contribution is -2.44. The Morgan fingerprint density at radius 1 is 1.53 bits per heavy atom. The van der Waals surface area contributed by atoms with E-state index < -0.39 is 0 Å². The number of aromatic nitrogens is 2. The number of nitrogens with one attached hydrogen (secondary N) is 2. The smallest absolute Gasteiger partial charge is 0.0753 e. The topological polar surface area (TPSA) is 49.8 Å². The molecule has 1 aromatic heterocycles. The van der Waals surface area contributed by atoms with E-state index in [9.17, 15) is 0 Å². The van der Waals surface area contributed by atoms with Crippen LogP contribution in [0.25, 0.3) is 0 Å². The van der Waals surface area contributed by atoms with Gasteiger partial charge in [0.25, 0.3) is 0 Å². The summed E-state index contributed by atoms with van der Waals surface area (Å²) in [4.78, 5) is 8.38. The quantitative estimate of drug-likeness (QED) is 0.771. The van der Waals surface area contributed by atoms with Gasteiger partial charge in [0.05, 0.1) is 5.69 Å². The van der Waals surface area contributed by atoms with Crippen LogP contribution in [0.2, 0.25) is 0 Å². The molecule has 1 fully saturated rings.